The lowest BCUT2D eigenvalue weighted by Crippen LogP contribution is -2.43. The largest absolute Gasteiger partial charge is 0.444 e. The molecule has 0 spiro atoms. The van der Waals surface area contributed by atoms with Gasteiger partial charge in [0.25, 0.3) is 0 Å². The van der Waals surface area contributed by atoms with Gasteiger partial charge >= 0.3 is 12.2 Å². The fourth-order valence-electron chi connectivity index (χ4n) is 6.00. The van der Waals surface area contributed by atoms with E-state index in [-0.39, 0.29) is 34.2 Å². The van der Waals surface area contributed by atoms with Gasteiger partial charge in [-0.25, -0.2) is 29.5 Å². The number of halogens is 2. The summed E-state index contributed by atoms with van der Waals surface area (Å²) in [7, 11) is 0. The predicted octanol–water partition coefficient (Wildman–Crippen LogP) is 9.78. The number of nitrogens with zero attached hydrogens (tertiary/aromatic N) is 4. The van der Waals surface area contributed by atoms with Crippen LogP contribution in [0.3, 0.4) is 0 Å². The highest BCUT2D eigenvalue weighted by Crippen LogP contribution is 2.64. The van der Waals surface area contributed by atoms with E-state index in [0.29, 0.717) is 34.6 Å². The average Bonchev–Trinajstić information content (AvgIpc) is 3.03. The van der Waals surface area contributed by atoms with Gasteiger partial charge in [-0.3, -0.25) is 0 Å². The maximum Gasteiger partial charge on any atom is 0.407 e. The van der Waals surface area contributed by atoms with E-state index in [4.69, 9.17) is 42.6 Å². The molecule has 10 nitrogen and oxygen atoms in total. The molecular weight excluding hydrogens is 752 g/mol. The molecule has 1 fully saturated rings. The van der Waals surface area contributed by atoms with E-state index in [1.807, 2.05) is 103 Å². The first-order valence-electron chi connectivity index (χ1n) is 17.4. The third-order valence-corrected chi connectivity index (χ3v) is 10.1. The van der Waals surface area contributed by atoms with E-state index in [2.05, 4.69) is 39.3 Å². The molecule has 0 unspecified atom stereocenters. The summed E-state index contributed by atoms with van der Waals surface area (Å²) in [5.74, 6) is 0.647. The van der Waals surface area contributed by atoms with Gasteiger partial charge in [-0.05, 0) is 89.4 Å². The Labute approximate surface area is 331 Å². The number of allylic oxidation sites excluding steroid dienone is 5. The van der Waals surface area contributed by atoms with Crippen LogP contribution in [0, 0.1) is 5.92 Å². The van der Waals surface area contributed by atoms with E-state index in [1.54, 1.807) is 0 Å². The second kappa shape index (κ2) is 19.1. The Kier molecular flexibility index (Phi) is 15.2. The fourth-order valence-corrected chi connectivity index (χ4v) is 8.01. The van der Waals surface area contributed by atoms with E-state index in [1.165, 1.54) is 23.5 Å². The number of ether oxygens (including phenoxy) is 2. The summed E-state index contributed by atoms with van der Waals surface area (Å²) in [6, 6.07) is 14.2. The summed E-state index contributed by atoms with van der Waals surface area (Å²) < 4.78 is 10.7. The van der Waals surface area contributed by atoms with Crippen LogP contribution in [0.1, 0.15) is 83.2 Å². The van der Waals surface area contributed by atoms with Gasteiger partial charge in [0, 0.05) is 48.3 Å². The van der Waals surface area contributed by atoms with Gasteiger partial charge in [0.05, 0.1) is 11.4 Å². The highest BCUT2D eigenvalue weighted by atomic mass is 35.5. The van der Waals surface area contributed by atoms with E-state index in [0.717, 1.165) is 22.5 Å². The van der Waals surface area contributed by atoms with Gasteiger partial charge in [-0.1, -0.05) is 66.8 Å². The number of aromatic nitrogens is 4. The number of benzene rings is 1. The third-order valence-electron chi connectivity index (χ3n) is 7.89. The first-order chi connectivity index (χ1) is 25.0. The maximum atomic E-state index is 12.2. The lowest BCUT2D eigenvalue weighted by Gasteiger charge is -2.52. The van der Waals surface area contributed by atoms with Crippen LogP contribution in [-0.2, 0) is 9.47 Å². The predicted molar refractivity (Wildman–Crippen MR) is 215 cm³/mol. The van der Waals surface area contributed by atoms with Crippen LogP contribution in [-0.4, -0.2) is 67.9 Å². The number of rotatable bonds is 14. The van der Waals surface area contributed by atoms with Crippen LogP contribution in [0.4, 0.5) is 9.59 Å². The van der Waals surface area contributed by atoms with Gasteiger partial charge in [-0.2, -0.15) is 0 Å². The Balaban J connectivity index is 1.64. The monoisotopic (exact) mass is 798 g/mol. The molecule has 0 aliphatic heterocycles. The molecule has 4 rings (SSSR count). The first kappa shape index (κ1) is 42.2. The Hall–Kier alpha value is -3.58. The molecule has 2 amide bonds. The standard InChI is InChI=1S/C39H48Cl2N6O4S2/c1-9-10-12-15-24(2)30-32(26-22-28(46-34(40)44-26)52-20-18-42-36(48)50-38(3,4)5)31(25-16-13-11-14-17-25)33(30)27-23-29(47-35(41)45-27)53-21-19-43-37(49)51-39(6,7)8/h9-17,22-23,30-33H,2,18-21H2,1,3-8H3,(H,42,48)(H,43,49)/b10-9-,15-12-/t30?,31?,32-,33-/m1/s1. The van der Waals surface area contributed by atoms with Gasteiger partial charge in [-0.15, -0.1) is 23.5 Å². The maximum absolute atomic E-state index is 12.2. The SMILES string of the molecule is C=C(/C=C\C=C/C)C1[C@@H](c2cc(SCCNC(=O)OC(C)(C)C)nc(Cl)n2)C(c2ccccc2)[C@@H]1c1cc(SCCNC(=O)OC(C)(C)C)nc(Cl)n1. The number of hydrogen-bond acceptors (Lipinski definition) is 10. The molecule has 2 N–H and O–H groups in total. The third kappa shape index (κ3) is 13.0. The highest BCUT2D eigenvalue weighted by molar-refractivity contribution is 7.99. The van der Waals surface area contributed by atoms with Crippen LogP contribution in [0.25, 0.3) is 0 Å². The Bertz CT molecular complexity index is 1700. The molecule has 0 radical (unpaired) electrons. The molecule has 1 aliphatic carbocycles. The molecular formula is C39H48Cl2N6O4S2. The summed E-state index contributed by atoms with van der Waals surface area (Å²) in [6.45, 7) is 18.2. The van der Waals surface area contributed by atoms with E-state index in [9.17, 15) is 9.59 Å². The number of thioether (sulfide) groups is 2. The minimum Gasteiger partial charge on any atom is -0.444 e. The summed E-state index contributed by atoms with van der Waals surface area (Å²) in [6.07, 6.45) is 6.98. The molecule has 53 heavy (non-hydrogen) atoms. The quantitative estimate of drug-likeness (QED) is 0.0535. The van der Waals surface area contributed by atoms with Crippen molar-refractivity contribution in [1.29, 1.82) is 0 Å². The highest BCUT2D eigenvalue weighted by Gasteiger charge is 2.54. The van der Waals surface area contributed by atoms with Gasteiger partial charge in [0.2, 0.25) is 10.6 Å². The Morgan fingerprint density at radius 3 is 1.68 bits per heavy atom. The molecule has 1 saturated carbocycles. The van der Waals surface area contributed by atoms with Crippen LogP contribution in [0.5, 0.6) is 0 Å². The Morgan fingerprint density at radius 1 is 0.774 bits per heavy atom. The lowest BCUT2D eigenvalue weighted by atomic mass is 9.50. The minimum absolute atomic E-state index is 0.0663. The van der Waals surface area contributed by atoms with E-state index >= 15 is 0 Å². The number of carbonyl (C=O) groups is 2. The summed E-state index contributed by atoms with van der Waals surface area (Å²) in [5.41, 5.74) is 2.42. The first-order valence-corrected chi connectivity index (χ1v) is 20.1. The minimum atomic E-state index is -0.580. The number of alkyl carbamates (subject to hydrolysis) is 2. The lowest BCUT2D eigenvalue weighted by molar-refractivity contribution is 0.0519. The number of hydrogen-bond donors (Lipinski definition) is 2. The van der Waals surface area contributed by atoms with E-state index < -0.39 is 23.4 Å². The number of amides is 2. The van der Waals surface area contributed by atoms with Crippen LogP contribution >= 0.6 is 46.7 Å². The van der Waals surface area contributed by atoms with Crippen molar-refractivity contribution in [2.75, 3.05) is 24.6 Å². The number of nitrogens with one attached hydrogen (secondary N) is 2. The Morgan fingerprint density at radius 2 is 1.25 bits per heavy atom. The molecule has 1 aromatic carbocycles. The molecule has 1 aliphatic rings. The van der Waals surface area contributed by atoms with Gasteiger partial charge in [0.1, 0.15) is 21.3 Å². The number of carbonyl (C=O) groups excluding carboxylic acids is 2. The summed E-state index contributed by atoms with van der Waals surface area (Å²) in [4.78, 5) is 42.8. The topological polar surface area (TPSA) is 128 Å². The molecule has 0 saturated heterocycles. The van der Waals surface area contributed by atoms with Gasteiger partial charge < -0.3 is 20.1 Å². The molecule has 14 heteroatoms. The van der Waals surface area contributed by atoms with Crippen LogP contribution in [0.2, 0.25) is 10.6 Å². The summed E-state index contributed by atoms with van der Waals surface area (Å²) >= 11 is 16.1. The zero-order valence-corrected chi connectivity index (χ0v) is 34.3. The van der Waals surface area contributed by atoms with Crippen molar-refractivity contribution in [3.05, 3.63) is 106 Å². The molecule has 284 valence electrons. The van der Waals surface area contributed by atoms with Crippen molar-refractivity contribution in [3.63, 3.8) is 0 Å². The average molecular weight is 800 g/mol. The second-order valence-corrected chi connectivity index (χ2v) is 17.2. The molecule has 2 heterocycles. The van der Waals surface area contributed by atoms with Crippen molar-refractivity contribution < 1.29 is 19.1 Å². The molecule has 0 bridgehead atoms. The summed E-state index contributed by atoms with van der Waals surface area (Å²) in [5, 5.41) is 7.24. The second-order valence-electron chi connectivity index (χ2n) is 14.3. The fraction of sp³-hybridized carbons (Fsp3) is 0.436. The van der Waals surface area contributed by atoms with Crippen LogP contribution in [0.15, 0.2) is 89.0 Å². The van der Waals surface area contributed by atoms with Crippen molar-refractivity contribution in [2.24, 2.45) is 5.92 Å². The van der Waals surface area contributed by atoms with Crippen molar-refractivity contribution in [1.82, 2.24) is 30.6 Å². The van der Waals surface area contributed by atoms with Gasteiger partial charge in [0.15, 0.2) is 0 Å². The van der Waals surface area contributed by atoms with Crippen LogP contribution < -0.4 is 10.6 Å². The molecule has 3 aromatic rings. The van der Waals surface area contributed by atoms with Crippen molar-refractivity contribution >= 4 is 58.9 Å². The molecule has 2 atom stereocenters. The van der Waals surface area contributed by atoms with Crippen molar-refractivity contribution in [3.8, 4) is 0 Å². The molecule has 2 aromatic heterocycles. The normalized spacial score (nSPS) is 18.8. The zero-order valence-electron chi connectivity index (χ0n) is 31.2. The van der Waals surface area contributed by atoms with Crippen molar-refractivity contribution in [2.45, 2.75) is 87.5 Å². The smallest absolute Gasteiger partial charge is 0.407 e. The zero-order chi connectivity index (χ0) is 38.8.